The molecule has 120 valence electrons. The van der Waals surface area contributed by atoms with E-state index in [-0.39, 0.29) is 24.4 Å². The second-order valence-corrected chi connectivity index (χ2v) is 5.16. The van der Waals surface area contributed by atoms with Crippen LogP contribution in [0.1, 0.15) is 40.6 Å². The maximum Gasteiger partial charge on any atom is 0.266 e. The highest BCUT2D eigenvalue weighted by molar-refractivity contribution is 5.76. The molecule has 0 aliphatic carbocycles. The molecule has 0 saturated carbocycles. The molecule has 2 N–H and O–H groups in total. The van der Waals surface area contributed by atoms with Crippen molar-refractivity contribution in [1.29, 1.82) is 5.26 Å². The molecule has 1 amide bonds. The van der Waals surface area contributed by atoms with Crippen LogP contribution in [0.15, 0.2) is 9.21 Å². The number of hydrogen-bond acceptors (Lipinski definition) is 6. The Hall–Kier alpha value is -2.95. The molecule has 8 nitrogen and oxygen atoms in total. The van der Waals surface area contributed by atoms with E-state index >= 15 is 0 Å². The molecule has 2 aromatic heterocycles. The van der Waals surface area contributed by atoms with Gasteiger partial charge in [-0.25, -0.2) is 0 Å². The van der Waals surface area contributed by atoms with Gasteiger partial charge in [-0.1, -0.05) is 0 Å². The number of aryl methyl sites for hydroxylation is 2. The van der Waals surface area contributed by atoms with Crippen molar-refractivity contribution in [2.45, 2.75) is 40.2 Å². The number of amides is 1. The monoisotopic (exact) mass is 315 g/mol. The summed E-state index contributed by atoms with van der Waals surface area (Å²) in [5.74, 6) is 0.612. The van der Waals surface area contributed by atoms with Crippen LogP contribution < -0.4 is 10.9 Å². The summed E-state index contributed by atoms with van der Waals surface area (Å²) >= 11 is 0. The van der Waals surface area contributed by atoms with Crippen LogP contribution in [0.25, 0.3) is 0 Å². The van der Waals surface area contributed by atoms with Crippen molar-refractivity contribution >= 4 is 5.91 Å². The van der Waals surface area contributed by atoms with Gasteiger partial charge < -0.3 is 14.7 Å². The Balaban J connectivity index is 1.99. The molecule has 2 aromatic rings. The molecule has 0 saturated heterocycles. The molecule has 0 aliphatic heterocycles. The first-order valence-electron chi connectivity index (χ1n) is 7.10. The Morgan fingerprint density at radius 3 is 2.70 bits per heavy atom. The van der Waals surface area contributed by atoms with Crippen molar-refractivity contribution in [3.63, 3.8) is 0 Å². The lowest BCUT2D eigenvalue weighted by Gasteiger charge is -2.10. The van der Waals surface area contributed by atoms with Gasteiger partial charge in [-0.05, 0) is 31.4 Å². The van der Waals surface area contributed by atoms with E-state index in [0.29, 0.717) is 29.5 Å². The Morgan fingerprint density at radius 2 is 2.09 bits per heavy atom. The van der Waals surface area contributed by atoms with E-state index in [1.165, 1.54) is 0 Å². The smallest absolute Gasteiger partial charge is 0.266 e. The highest BCUT2D eigenvalue weighted by Gasteiger charge is 2.13. The highest BCUT2D eigenvalue weighted by Crippen LogP contribution is 2.14. The Kier molecular flexibility index (Phi) is 4.91. The number of aromatic amines is 1. The van der Waals surface area contributed by atoms with Crippen LogP contribution in [-0.4, -0.2) is 21.1 Å². The van der Waals surface area contributed by atoms with Crippen LogP contribution in [0, 0.1) is 32.1 Å². The van der Waals surface area contributed by atoms with Gasteiger partial charge >= 0.3 is 0 Å². The summed E-state index contributed by atoms with van der Waals surface area (Å²) in [6.07, 6.45) is 0.656. The predicted molar refractivity (Wildman–Crippen MR) is 80.5 cm³/mol. The summed E-state index contributed by atoms with van der Waals surface area (Å²) in [6, 6.07) is 1.90. The number of H-pyrrole nitrogens is 1. The third kappa shape index (κ3) is 3.83. The number of pyridine rings is 1. The third-order valence-corrected chi connectivity index (χ3v) is 3.53. The Labute approximate surface area is 132 Å². The summed E-state index contributed by atoms with van der Waals surface area (Å²) in [7, 11) is 0. The summed E-state index contributed by atoms with van der Waals surface area (Å²) in [5.41, 5.74) is 1.79. The second kappa shape index (κ2) is 6.87. The molecule has 0 aliphatic rings. The predicted octanol–water partition coefficient (Wildman–Crippen LogP) is 0.804. The zero-order chi connectivity index (χ0) is 17.0. The third-order valence-electron chi connectivity index (χ3n) is 3.53. The fourth-order valence-electron chi connectivity index (χ4n) is 2.33. The molecule has 0 aromatic carbocycles. The lowest BCUT2D eigenvalue weighted by Crippen LogP contribution is -2.24. The van der Waals surface area contributed by atoms with Gasteiger partial charge in [0.25, 0.3) is 5.56 Å². The number of nitriles is 1. The van der Waals surface area contributed by atoms with E-state index in [1.807, 2.05) is 6.07 Å². The molecular formula is C15H17N5O3. The topological polar surface area (TPSA) is 125 Å². The number of aromatic nitrogens is 3. The number of carbonyl (C=O) groups is 1. The minimum atomic E-state index is -0.400. The van der Waals surface area contributed by atoms with Gasteiger partial charge in [0.1, 0.15) is 11.6 Å². The SMILES string of the molecule is Cc1nnc(CNC(=O)CCc2c(C)[nH]c(=O)c(C#N)c2C)o1. The fourth-order valence-corrected chi connectivity index (χ4v) is 2.33. The number of nitrogens with zero attached hydrogens (tertiary/aromatic N) is 3. The fraction of sp³-hybridized carbons (Fsp3) is 0.400. The van der Waals surface area contributed by atoms with Crippen LogP contribution >= 0.6 is 0 Å². The first-order valence-corrected chi connectivity index (χ1v) is 7.10. The van der Waals surface area contributed by atoms with Crippen LogP contribution in [-0.2, 0) is 17.8 Å². The first kappa shape index (κ1) is 16.4. The zero-order valence-electron chi connectivity index (χ0n) is 13.2. The van der Waals surface area contributed by atoms with E-state index in [2.05, 4.69) is 20.5 Å². The Morgan fingerprint density at radius 1 is 1.35 bits per heavy atom. The summed E-state index contributed by atoms with van der Waals surface area (Å²) in [6.45, 7) is 5.32. The number of rotatable bonds is 5. The highest BCUT2D eigenvalue weighted by atomic mass is 16.4. The lowest BCUT2D eigenvalue weighted by atomic mass is 9.99. The second-order valence-electron chi connectivity index (χ2n) is 5.16. The first-order chi connectivity index (χ1) is 10.9. The molecule has 2 heterocycles. The van der Waals surface area contributed by atoms with Crippen molar-refractivity contribution in [3.8, 4) is 6.07 Å². The van der Waals surface area contributed by atoms with Gasteiger partial charge in [0, 0.05) is 19.0 Å². The lowest BCUT2D eigenvalue weighted by molar-refractivity contribution is -0.121. The Bertz CT molecular complexity index is 829. The van der Waals surface area contributed by atoms with Crippen LogP contribution in [0.3, 0.4) is 0 Å². The molecular weight excluding hydrogens is 298 g/mol. The van der Waals surface area contributed by atoms with Gasteiger partial charge in [0.05, 0.1) is 6.54 Å². The maximum absolute atomic E-state index is 11.9. The van der Waals surface area contributed by atoms with E-state index in [1.54, 1.807) is 20.8 Å². The van der Waals surface area contributed by atoms with Crippen molar-refractivity contribution < 1.29 is 9.21 Å². The van der Waals surface area contributed by atoms with Gasteiger partial charge in [-0.15, -0.1) is 10.2 Å². The molecule has 0 fully saturated rings. The normalized spacial score (nSPS) is 10.3. The average Bonchev–Trinajstić information content (AvgIpc) is 2.90. The molecule has 0 atom stereocenters. The van der Waals surface area contributed by atoms with Gasteiger partial charge in [0.2, 0.25) is 17.7 Å². The minimum Gasteiger partial charge on any atom is -0.424 e. The van der Waals surface area contributed by atoms with Crippen molar-refractivity contribution in [1.82, 2.24) is 20.5 Å². The van der Waals surface area contributed by atoms with Crippen molar-refractivity contribution in [2.75, 3.05) is 0 Å². The van der Waals surface area contributed by atoms with Crippen molar-refractivity contribution in [2.24, 2.45) is 0 Å². The van der Waals surface area contributed by atoms with E-state index in [9.17, 15) is 9.59 Å². The molecule has 0 radical (unpaired) electrons. The standard InChI is InChI=1S/C15H17N5O3/c1-8-11(9(2)18-15(22)12(8)6-16)4-5-13(21)17-7-14-20-19-10(3)23-14/h4-5,7H2,1-3H3,(H,17,21)(H,18,22). The molecule has 8 heteroatoms. The van der Waals surface area contributed by atoms with Crippen LogP contribution in [0.5, 0.6) is 0 Å². The van der Waals surface area contributed by atoms with Gasteiger partial charge in [-0.3, -0.25) is 9.59 Å². The molecule has 0 unspecified atom stereocenters. The summed E-state index contributed by atoms with van der Waals surface area (Å²) < 4.78 is 5.17. The van der Waals surface area contributed by atoms with Crippen LogP contribution in [0.2, 0.25) is 0 Å². The molecule has 2 rings (SSSR count). The number of nitrogens with one attached hydrogen (secondary N) is 2. The maximum atomic E-state index is 11.9. The van der Waals surface area contributed by atoms with E-state index in [0.717, 1.165) is 5.56 Å². The largest absolute Gasteiger partial charge is 0.424 e. The summed E-state index contributed by atoms with van der Waals surface area (Å²) in [5, 5.41) is 19.2. The van der Waals surface area contributed by atoms with E-state index in [4.69, 9.17) is 9.68 Å². The molecule has 0 bridgehead atoms. The van der Waals surface area contributed by atoms with E-state index < -0.39 is 5.56 Å². The van der Waals surface area contributed by atoms with Crippen LogP contribution in [0.4, 0.5) is 0 Å². The molecule has 0 spiro atoms. The van der Waals surface area contributed by atoms with Crippen molar-refractivity contribution in [3.05, 3.63) is 44.5 Å². The zero-order valence-corrected chi connectivity index (χ0v) is 13.2. The minimum absolute atomic E-state index is 0.0901. The quantitative estimate of drug-likeness (QED) is 0.841. The van der Waals surface area contributed by atoms with Gasteiger partial charge in [0.15, 0.2) is 0 Å². The summed E-state index contributed by atoms with van der Waals surface area (Å²) in [4.78, 5) is 26.2. The van der Waals surface area contributed by atoms with Gasteiger partial charge in [-0.2, -0.15) is 5.26 Å². The average molecular weight is 315 g/mol. The number of carbonyl (C=O) groups excluding carboxylic acids is 1. The molecule has 23 heavy (non-hydrogen) atoms. The number of hydrogen-bond donors (Lipinski definition) is 2.